The molecule has 0 unspecified atom stereocenters. The summed E-state index contributed by atoms with van der Waals surface area (Å²) in [5.74, 6) is 1.04. The quantitative estimate of drug-likeness (QED) is 0.706. The largest absolute Gasteiger partial charge is 0.314 e. The van der Waals surface area contributed by atoms with Crippen LogP contribution >= 0.6 is 0 Å². The van der Waals surface area contributed by atoms with Gasteiger partial charge in [-0.3, -0.25) is 0 Å². The van der Waals surface area contributed by atoms with Crippen LogP contribution in [0, 0.1) is 11.3 Å². The molecule has 2 aliphatic rings. The van der Waals surface area contributed by atoms with Gasteiger partial charge in [0.05, 0.1) is 0 Å². The summed E-state index contributed by atoms with van der Waals surface area (Å²) in [6.45, 7) is 18.2. The summed E-state index contributed by atoms with van der Waals surface area (Å²) in [6, 6.07) is 0.595. The molecule has 0 aromatic carbocycles. The molecule has 0 amide bonds. The molecule has 0 aromatic heterocycles. The van der Waals surface area contributed by atoms with Gasteiger partial charge in [0, 0.05) is 51.9 Å². The molecule has 1 saturated heterocycles. The SMILES string of the molecule is CCC(CC)(CNC(C)C)CN1CCN(CC2CC2)CC1. The normalized spacial score (nSPS) is 22.1. The molecular formula is C18H37N3. The minimum Gasteiger partial charge on any atom is -0.314 e. The lowest BCUT2D eigenvalue weighted by Gasteiger charge is -2.42. The summed E-state index contributed by atoms with van der Waals surface area (Å²) in [5, 5.41) is 3.68. The molecule has 1 saturated carbocycles. The summed E-state index contributed by atoms with van der Waals surface area (Å²) in [4.78, 5) is 5.42. The first-order valence-electron chi connectivity index (χ1n) is 9.25. The molecule has 2 rings (SSSR count). The fraction of sp³-hybridized carbons (Fsp3) is 1.00. The molecule has 0 atom stereocenters. The first-order valence-corrected chi connectivity index (χ1v) is 9.25. The highest BCUT2D eigenvalue weighted by molar-refractivity contribution is 4.86. The van der Waals surface area contributed by atoms with Crippen molar-refractivity contribution in [3.63, 3.8) is 0 Å². The molecule has 124 valence electrons. The topological polar surface area (TPSA) is 18.5 Å². The van der Waals surface area contributed by atoms with E-state index in [0.717, 1.165) is 5.92 Å². The first-order chi connectivity index (χ1) is 10.1. The van der Waals surface area contributed by atoms with E-state index >= 15 is 0 Å². The van der Waals surface area contributed by atoms with Gasteiger partial charge in [0.2, 0.25) is 0 Å². The maximum Gasteiger partial charge on any atom is 0.0110 e. The summed E-state index contributed by atoms with van der Waals surface area (Å²) < 4.78 is 0. The molecular weight excluding hydrogens is 258 g/mol. The lowest BCUT2D eigenvalue weighted by molar-refractivity contribution is 0.0754. The zero-order chi connectivity index (χ0) is 15.3. The van der Waals surface area contributed by atoms with Gasteiger partial charge in [-0.1, -0.05) is 27.7 Å². The zero-order valence-corrected chi connectivity index (χ0v) is 14.8. The molecule has 2 fully saturated rings. The van der Waals surface area contributed by atoms with E-state index in [2.05, 4.69) is 42.8 Å². The van der Waals surface area contributed by atoms with Crippen LogP contribution in [0.3, 0.4) is 0 Å². The predicted molar refractivity (Wildman–Crippen MR) is 91.8 cm³/mol. The number of hydrogen-bond donors (Lipinski definition) is 1. The van der Waals surface area contributed by atoms with Gasteiger partial charge in [0.15, 0.2) is 0 Å². The van der Waals surface area contributed by atoms with Crippen molar-refractivity contribution in [2.24, 2.45) is 11.3 Å². The number of nitrogens with one attached hydrogen (secondary N) is 1. The lowest BCUT2D eigenvalue weighted by atomic mass is 9.81. The Kier molecular flexibility index (Phi) is 6.51. The van der Waals surface area contributed by atoms with Crippen LogP contribution in [0.2, 0.25) is 0 Å². The summed E-state index contributed by atoms with van der Waals surface area (Å²) in [5.41, 5.74) is 0.461. The maximum atomic E-state index is 3.68. The Morgan fingerprint density at radius 3 is 2.05 bits per heavy atom. The van der Waals surface area contributed by atoms with Gasteiger partial charge in [-0.05, 0) is 37.0 Å². The lowest BCUT2D eigenvalue weighted by Crippen LogP contribution is -2.52. The van der Waals surface area contributed by atoms with E-state index in [1.807, 2.05) is 0 Å². The van der Waals surface area contributed by atoms with E-state index in [1.165, 1.54) is 71.5 Å². The van der Waals surface area contributed by atoms with Crippen LogP contribution < -0.4 is 5.32 Å². The maximum absolute atomic E-state index is 3.68. The smallest absolute Gasteiger partial charge is 0.0110 e. The van der Waals surface area contributed by atoms with E-state index in [9.17, 15) is 0 Å². The fourth-order valence-corrected chi connectivity index (χ4v) is 3.47. The van der Waals surface area contributed by atoms with E-state index in [0.29, 0.717) is 11.5 Å². The van der Waals surface area contributed by atoms with Gasteiger partial charge in [-0.2, -0.15) is 0 Å². The molecule has 0 radical (unpaired) electrons. The Morgan fingerprint density at radius 2 is 1.57 bits per heavy atom. The molecule has 1 N–H and O–H groups in total. The van der Waals surface area contributed by atoms with Crippen LogP contribution in [0.5, 0.6) is 0 Å². The number of piperazine rings is 1. The summed E-state index contributed by atoms with van der Waals surface area (Å²) in [7, 11) is 0. The first kappa shape index (κ1) is 17.2. The zero-order valence-electron chi connectivity index (χ0n) is 14.8. The third-order valence-corrected chi connectivity index (χ3v) is 5.62. The summed E-state index contributed by atoms with van der Waals surface area (Å²) in [6.07, 6.45) is 5.53. The van der Waals surface area contributed by atoms with Crippen molar-refractivity contribution in [1.82, 2.24) is 15.1 Å². The van der Waals surface area contributed by atoms with Crippen molar-refractivity contribution in [2.45, 2.75) is 59.4 Å². The highest BCUT2D eigenvalue weighted by atomic mass is 15.3. The number of nitrogens with zero attached hydrogens (tertiary/aromatic N) is 2. The summed E-state index contributed by atoms with van der Waals surface area (Å²) >= 11 is 0. The third-order valence-electron chi connectivity index (χ3n) is 5.62. The Balaban J connectivity index is 1.77. The van der Waals surface area contributed by atoms with E-state index in [4.69, 9.17) is 0 Å². The molecule has 0 bridgehead atoms. The Hall–Kier alpha value is -0.120. The molecule has 1 aliphatic heterocycles. The monoisotopic (exact) mass is 295 g/mol. The van der Waals surface area contributed by atoms with Crippen LogP contribution in [0.1, 0.15) is 53.4 Å². The fourth-order valence-electron chi connectivity index (χ4n) is 3.47. The van der Waals surface area contributed by atoms with E-state index in [-0.39, 0.29) is 0 Å². The van der Waals surface area contributed by atoms with E-state index in [1.54, 1.807) is 0 Å². The molecule has 3 nitrogen and oxygen atoms in total. The highest BCUT2D eigenvalue weighted by Gasteiger charge is 2.31. The highest BCUT2D eigenvalue weighted by Crippen LogP contribution is 2.31. The molecule has 0 aromatic rings. The van der Waals surface area contributed by atoms with Gasteiger partial charge in [-0.25, -0.2) is 0 Å². The van der Waals surface area contributed by atoms with Crippen molar-refractivity contribution in [2.75, 3.05) is 45.8 Å². The third kappa shape index (κ3) is 5.54. The minimum absolute atomic E-state index is 0.461. The van der Waals surface area contributed by atoms with Gasteiger partial charge >= 0.3 is 0 Å². The Labute approximate surface area is 132 Å². The van der Waals surface area contributed by atoms with Crippen LogP contribution in [0.15, 0.2) is 0 Å². The van der Waals surface area contributed by atoms with Crippen LogP contribution in [-0.4, -0.2) is 61.7 Å². The number of rotatable bonds is 9. The van der Waals surface area contributed by atoms with Crippen molar-refractivity contribution in [3.05, 3.63) is 0 Å². The van der Waals surface area contributed by atoms with Gasteiger partial charge in [0.1, 0.15) is 0 Å². The standard InChI is InChI=1S/C18H37N3/c1-5-18(6-2,14-19-16(3)4)15-21-11-9-20(10-12-21)13-17-7-8-17/h16-17,19H,5-15H2,1-4H3. The second-order valence-corrected chi connectivity index (χ2v) is 7.76. The molecule has 21 heavy (non-hydrogen) atoms. The molecule has 0 spiro atoms. The second kappa shape index (κ2) is 7.94. The Bertz CT molecular complexity index is 287. The van der Waals surface area contributed by atoms with Crippen LogP contribution in [0.25, 0.3) is 0 Å². The van der Waals surface area contributed by atoms with Gasteiger partial charge in [0.25, 0.3) is 0 Å². The van der Waals surface area contributed by atoms with Crippen molar-refractivity contribution >= 4 is 0 Å². The van der Waals surface area contributed by atoms with Crippen molar-refractivity contribution in [1.29, 1.82) is 0 Å². The number of hydrogen-bond acceptors (Lipinski definition) is 3. The average molecular weight is 296 g/mol. The van der Waals surface area contributed by atoms with Crippen LogP contribution in [0.4, 0.5) is 0 Å². The van der Waals surface area contributed by atoms with Crippen molar-refractivity contribution < 1.29 is 0 Å². The second-order valence-electron chi connectivity index (χ2n) is 7.76. The molecule has 1 aliphatic carbocycles. The Morgan fingerprint density at radius 1 is 1.00 bits per heavy atom. The van der Waals surface area contributed by atoms with E-state index < -0.39 is 0 Å². The predicted octanol–water partition coefficient (Wildman–Crippen LogP) is 2.82. The molecule has 1 heterocycles. The van der Waals surface area contributed by atoms with Crippen LogP contribution in [-0.2, 0) is 0 Å². The average Bonchev–Trinajstić information content (AvgIpc) is 3.29. The van der Waals surface area contributed by atoms with Gasteiger partial charge in [-0.15, -0.1) is 0 Å². The van der Waals surface area contributed by atoms with Gasteiger partial charge < -0.3 is 15.1 Å². The minimum atomic E-state index is 0.461. The molecule has 3 heteroatoms. The van der Waals surface area contributed by atoms with Crippen molar-refractivity contribution in [3.8, 4) is 0 Å².